The molecule has 0 N–H and O–H groups in total. The number of rotatable bonds is 0. The van der Waals surface area contributed by atoms with E-state index in [9.17, 15) is 0 Å². The zero-order valence-electron chi connectivity index (χ0n) is 4.86. The molecule has 0 aliphatic rings. The molecule has 0 amide bonds. The van der Waals surface area contributed by atoms with Crippen LogP contribution < -0.4 is 18.9 Å². The molecule has 0 bridgehead atoms. The average molecular weight is 154 g/mol. The van der Waals surface area contributed by atoms with Gasteiger partial charge >= 0.3 is 18.9 Å². The Bertz CT molecular complexity index is 171. The van der Waals surface area contributed by atoms with Gasteiger partial charge in [-0.15, -0.1) is 23.2 Å². The van der Waals surface area contributed by atoms with Crippen molar-refractivity contribution in [3.8, 4) is 0 Å². The van der Waals surface area contributed by atoms with Crippen molar-refractivity contribution in [2.24, 2.45) is 0 Å². The van der Waals surface area contributed by atoms with Crippen LogP contribution in [-0.2, 0) is 0 Å². The Hall–Kier alpha value is 0.327. The Labute approximate surface area is 75.6 Å². The van der Waals surface area contributed by atoms with Gasteiger partial charge in [-0.2, -0.15) is 12.1 Å². The summed E-state index contributed by atoms with van der Waals surface area (Å²) in [5.41, 5.74) is 0. The summed E-state index contributed by atoms with van der Waals surface area (Å²) in [6.07, 6.45) is 1.54. The maximum atomic E-state index is 5.46. The first-order chi connectivity index (χ1) is 3.80. The van der Waals surface area contributed by atoms with Crippen molar-refractivity contribution in [3.63, 3.8) is 0 Å². The van der Waals surface area contributed by atoms with Crippen molar-refractivity contribution in [2.45, 2.75) is 0 Å². The van der Waals surface area contributed by atoms with Crippen molar-refractivity contribution in [3.05, 3.63) is 28.5 Å². The number of hydrogen-bond acceptors (Lipinski definition) is 1. The fourth-order valence-electron chi connectivity index (χ4n) is 0.329. The van der Waals surface area contributed by atoms with Crippen LogP contribution in [0.4, 0.5) is 0 Å². The summed E-state index contributed by atoms with van der Waals surface area (Å²) in [5.74, 6) is 0. The van der Waals surface area contributed by atoms with Crippen LogP contribution in [0, 0.1) is 6.07 Å². The fraction of sp³-hybridized carbons (Fsp3) is 0. The van der Waals surface area contributed by atoms with Gasteiger partial charge in [0.05, 0.1) is 0 Å². The molecular weight excluding hydrogens is 152 g/mol. The van der Waals surface area contributed by atoms with E-state index in [0.29, 0.717) is 10.2 Å². The van der Waals surface area contributed by atoms with Gasteiger partial charge in [-0.05, 0) is 5.02 Å². The van der Waals surface area contributed by atoms with Crippen LogP contribution in [-0.4, -0.2) is 4.98 Å². The predicted octanol–water partition coefficient (Wildman–Crippen LogP) is -0.807. The fourth-order valence-corrected chi connectivity index (χ4v) is 0.552. The summed E-state index contributed by atoms with van der Waals surface area (Å²) < 4.78 is 0. The Morgan fingerprint density at radius 3 is 2.44 bits per heavy atom. The summed E-state index contributed by atoms with van der Waals surface area (Å²) in [7, 11) is 0. The second-order valence-corrected chi connectivity index (χ2v) is 1.93. The molecule has 9 heavy (non-hydrogen) atoms. The van der Waals surface area contributed by atoms with Gasteiger partial charge in [-0.1, -0.05) is 6.20 Å². The normalized spacial score (nSPS) is 8.22. The number of aromatic nitrogens is 1. The predicted molar refractivity (Wildman–Crippen MR) is 33.1 cm³/mol. The third-order valence-electron chi connectivity index (χ3n) is 0.654. The van der Waals surface area contributed by atoms with Gasteiger partial charge in [0.25, 0.3) is 0 Å². The topological polar surface area (TPSA) is 12.9 Å². The zero-order valence-corrected chi connectivity index (χ0v) is 6.37. The van der Waals surface area contributed by atoms with E-state index in [1.807, 2.05) is 0 Å². The molecule has 0 radical (unpaired) electrons. The molecule has 42 valence electrons. The summed E-state index contributed by atoms with van der Waals surface area (Å²) in [5, 5.41) is 0.670. The molecule has 1 aromatic rings. The Balaban J connectivity index is 0.000000640. The maximum Gasteiger partial charge on any atom is 1.00 e. The summed E-state index contributed by atoms with van der Waals surface area (Å²) >= 11 is 10.9. The number of pyridine rings is 1. The van der Waals surface area contributed by atoms with Gasteiger partial charge in [-0.3, -0.25) is 0 Å². The molecule has 0 spiro atoms. The van der Waals surface area contributed by atoms with Gasteiger partial charge in [0.2, 0.25) is 0 Å². The minimum absolute atomic E-state index is 0. The molecule has 0 aromatic carbocycles. The Morgan fingerprint density at radius 2 is 2.11 bits per heavy atom. The molecule has 1 nitrogen and oxygen atoms in total. The number of nitrogens with zero attached hydrogens (tertiary/aromatic N) is 1. The van der Waals surface area contributed by atoms with Crippen molar-refractivity contribution >= 4 is 23.2 Å². The molecule has 0 unspecified atom stereocenters. The van der Waals surface area contributed by atoms with Gasteiger partial charge < -0.3 is 4.98 Å². The standard InChI is InChI=1S/C5H2Cl2N.Li/c6-4-2-1-3-8-5(4)7;/h1,3H;/q-1;+1. The summed E-state index contributed by atoms with van der Waals surface area (Å²) in [6.45, 7) is 0. The molecule has 0 atom stereocenters. The van der Waals surface area contributed by atoms with Crippen LogP contribution in [0.3, 0.4) is 0 Å². The SMILES string of the molecule is Clc1[c-]ccnc1Cl.[Li+]. The van der Waals surface area contributed by atoms with E-state index < -0.39 is 0 Å². The monoisotopic (exact) mass is 153 g/mol. The van der Waals surface area contributed by atoms with E-state index in [0.717, 1.165) is 0 Å². The first kappa shape index (κ1) is 9.33. The van der Waals surface area contributed by atoms with Crippen LogP contribution in [0.2, 0.25) is 10.2 Å². The Kier molecular flexibility index (Phi) is 4.34. The second kappa shape index (κ2) is 4.19. The van der Waals surface area contributed by atoms with Crippen LogP contribution in [0.5, 0.6) is 0 Å². The third kappa shape index (κ3) is 2.60. The van der Waals surface area contributed by atoms with E-state index >= 15 is 0 Å². The zero-order chi connectivity index (χ0) is 5.98. The smallest absolute Gasteiger partial charge is 0.371 e. The van der Waals surface area contributed by atoms with Crippen LogP contribution in [0.15, 0.2) is 12.3 Å². The first-order valence-corrected chi connectivity index (χ1v) is 2.74. The Morgan fingerprint density at radius 1 is 1.44 bits per heavy atom. The third-order valence-corrected chi connectivity index (χ3v) is 1.33. The van der Waals surface area contributed by atoms with Gasteiger partial charge in [0.1, 0.15) is 0 Å². The van der Waals surface area contributed by atoms with Crippen molar-refractivity contribution in [1.82, 2.24) is 4.98 Å². The van der Waals surface area contributed by atoms with Crippen molar-refractivity contribution < 1.29 is 18.9 Å². The minimum atomic E-state index is 0. The van der Waals surface area contributed by atoms with E-state index in [1.54, 1.807) is 6.07 Å². The molecular formula is C5H2Cl2LiN. The van der Waals surface area contributed by atoms with Gasteiger partial charge in [0.15, 0.2) is 0 Å². The maximum absolute atomic E-state index is 5.46. The minimum Gasteiger partial charge on any atom is -0.371 e. The quantitative estimate of drug-likeness (QED) is 0.270. The van der Waals surface area contributed by atoms with E-state index in [-0.39, 0.29) is 18.9 Å². The molecule has 0 aliphatic heterocycles. The van der Waals surface area contributed by atoms with Crippen molar-refractivity contribution in [1.29, 1.82) is 0 Å². The van der Waals surface area contributed by atoms with E-state index in [1.165, 1.54) is 6.20 Å². The van der Waals surface area contributed by atoms with Crippen LogP contribution in [0.25, 0.3) is 0 Å². The van der Waals surface area contributed by atoms with Crippen LogP contribution >= 0.6 is 23.2 Å². The summed E-state index contributed by atoms with van der Waals surface area (Å²) in [6, 6.07) is 4.28. The number of halogens is 2. The van der Waals surface area contributed by atoms with Crippen LogP contribution in [0.1, 0.15) is 0 Å². The van der Waals surface area contributed by atoms with E-state index in [2.05, 4.69) is 11.1 Å². The molecule has 0 aliphatic carbocycles. The molecule has 4 heteroatoms. The molecule has 1 aromatic heterocycles. The second-order valence-electron chi connectivity index (χ2n) is 1.19. The van der Waals surface area contributed by atoms with Crippen molar-refractivity contribution in [2.75, 3.05) is 0 Å². The van der Waals surface area contributed by atoms with E-state index in [4.69, 9.17) is 23.2 Å². The van der Waals surface area contributed by atoms with Gasteiger partial charge in [0, 0.05) is 5.15 Å². The average Bonchev–Trinajstić information content (AvgIpc) is 1.77. The molecule has 1 heterocycles. The molecule has 1 rings (SSSR count). The van der Waals surface area contributed by atoms with Gasteiger partial charge in [-0.25, -0.2) is 0 Å². The first-order valence-electron chi connectivity index (χ1n) is 1.98. The molecule has 0 saturated carbocycles. The number of hydrogen-bond donors (Lipinski definition) is 0. The largest absolute Gasteiger partial charge is 1.00 e. The molecule has 0 saturated heterocycles. The summed E-state index contributed by atoms with van der Waals surface area (Å²) in [4.78, 5) is 3.68. The molecule has 0 fully saturated rings.